The van der Waals surface area contributed by atoms with E-state index >= 15 is 0 Å². The van der Waals surface area contributed by atoms with Crippen molar-refractivity contribution in [2.45, 2.75) is 89.9 Å². The lowest BCUT2D eigenvalue weighted by atomic mass is 9.88. The first kappa shape index (κ1) is 17.2. The molecule has 0 aromatic heterocycles. The second-order valence-electron chi connectivity index (χ2n) is 6.07. The van der Waals surface area contributed by atoms with Crippen LogP contribution in [0.15, 0.2) is 0 Å². The number of Topliss-reactive ketones (excluding diaryl/α,β-unsaturated/α-hetero) is 1. The van der Waals surface area contributed by atoms with E-state index < -0.39 is 0 Å². The van der Waals surface area contributed by atoms with Gasteiger partial charge < -0.3 is 0 Å². The first-order chi connectivity index (χ1) is 9.34. The molecule has 1 atom stereocenters. The van der Waals surface area contributed by atoms with Crippen molar-refractivity contribution in [3.8, 4) is 0 Å². The van der Waals surface area contributed by atoms with Gasteiger partial charge in [0.15, 0.2) is 0 Å². The van der Waals surface area contributed by atoms with Crippen LogP contribution >= 0.6 is 15.9 Å². The number of alkyl halides is 1. The molecule has 0 aromatic carbocycles. The SMILES string of the molecule is O=C1CCCCCCCCCCC1CCCCCBr. The van der Waals surface area contributed by atoms with Crippen LogP contribution in [0.3, 0.4) is 0 Å². The van der Waals surface area contributed by atoms with Crippen molar-refractivity contribution in [3.05, 3.63) is 0 Å². The van der Waals surface area contributed by atoms with Crippen LogP contribution < -0.4 is 0 Å². The van der Waals surface area contributed by atoms with Gasteiger partial charge in [-0.25, -0.2) is 0 Å². The Morgan fingerprint density at radius 2 is 1.47 bits per heavy atom. The Kier molecular flexibility index (Phi) is 10.8. The summed E-state index contributed by atoms with van der Waals surface area (Å²) in [6.07, 6.45) is 17.4. The van der Waals surface area contributed by atoms with Gasteiger partial charge in [0.05, 0.1) is 0 Å². The van der Waals surface area contributed by atoms with Gasteiger partial charge in [-0.05, 0) is 25.7 Å². The molecular formula is C17H31BrO. The van der Waals surface area contributed by atoms with Gasteiger partial charge in [-0.15, -0.1) is 0 Å². The van der Waals surface area contributed by atoms with E-state index in [1.807, 2.05) is 0 Å². The van der Waals surface area contributed by atoms with E-state index in [0.29, 0.717) is 11.7 Å². The topological polar surface area (TPSA) is 17.1 Å². The summed E-state index contributed by atoms with van der Waals surface area (Å²) in [6, 6.07) is 0. The standard InChI is InChI=1S/C17H31BrO/c18-15-11-7-9-13-16-12-8-5-3-1-2-4-6-10-14-17(16)19/h16H,1-15H2. The third-order valence-electron chi connectivity index (χ3n) is 4.37. The van der Waals surface area contributed by atoms with Gasteiger partial charge in [0.1, 0.15) is 5.78 Å². The Morgan fingerprint density at radius 3 is 2.16 bits per heavy atom. The lowest BCUT2D eigenvalue weighted by molar-refractivity contribution is -0.123. The van der Waals surface area contributed by atoms with E-state index in [4.69, 9.17) is 0 Å². The maximum atomic E-state index is 12.3. The Morgan fingerprint density at radius 1 is 0.842 bits per heavy atom. The number of halogens is 1. The van der Waals surface area contributed by atoms with Crippen LogP contribution in [0.25, 0.3) is 0 Å². The van der Waals surface area contributed by atoms with Crippen LogP contribution in [-0.2, 0) is 4.79 Å². The third kappa shape index (κ3) is 8.83. The molecule has 1 aliphatic carbocycles. The molecule has 2 heteroatoms. The summed E-state index contributed by atoms with van der Waals surface area (Å²) in [5.74, 6) is 0.953. The van der Waals surface area contributed by atoms with Crippen molar-refractivity contribution < 1.29 is 4.79 Å². The Bertz CT molecular complexity index is 225. The molecule has 0 heterocycles. The third-order valence-corrected chi connectivity index (χ3v) is 4.93. The van der Waals surface area contributed by atoms with Gasteiger partial charge in [0.2, 0.25) is 0 Å². The molecule has 1 nitrogen and oxygen atoms in total. The maximum absolute atomic E-state index is 12.3. The zero-order valence-electron chi connectivity index (χ0n) is 12.5. The van der Waals surface area contributed by atoms with E-state index in [-0.39, 0.29) is 0 Å². The van der Waals surface area contributed by atoms with Gasteiger partial charge in [0, 0.05) is 17.7 Å². The minimum absolute atomic E-state index is 0.384. The first-order valence-electron chi connectivity index (χ1n) is 8.43. The number of ketones is 1. The van der Waals surface area contributed by atoms with Crippen LogP contribution in [0.4, 0.5) is 0 Å². The molecule has 0 radical (unpaired) electrons. The second-order valence-corrected chi connectivity index (χ2v) is 6.86. The van der Waals surface area contributed by atoms with Gasteiger partial charge in [-0.3, -0.25) is 4.79 Å². The quantitative estimate of drug-likeness (QED) is 0.443. The molecule has 0 spiro atoms. The average Bonchev–Trinajstić information content (AvgIpc) is 2.41. The summed E-state index contributed by atoms with van der Waals surface area (Å²) in [7, 11) is 0. The van der Waals surface area contributed by atoms with Gasteiger partial charge >= 0.3 is 0 Å². The molecule has 1 fully saturated rings. The zero-order chi connectivity index (χ0) is 13.8. The molecule has 0 aromatic rings. The molecule has 0 saturated heterocycles. The molecule has 19 heavy (non-hydrogen) atoms. The van der Waals surface area contributed by atoms with Crippen molar-refractivity contribution in [1.29, 1.82) is 0 Å². The largest absolute Gasteiger partial charge is 0.299 e. The fraction of sp³-hybridized carbons (Fsp3) is 0.941. The normalized spacial score (nSPS) is 23.6. The van der Waals surface area contributed by atoms with Crippen molar-refractivity contribution in [2.24, 2.45) is 5.92 Å². The zero-order valence-corrected chi connectivity index (χ0v) is 14.1. The van der Waals surface area contributed by atoms with Crippen LogP contribution in [0.1, 0.15) is 89.9 Å². The lowest BCUT2D eigenvalue weighted by Crippen LogP contribution is -2.15. The number of carbonyl (C=O) groups is 1. The highest BCUT2D eigenvalue weighted by atomic mass is 79.9. The Labute approximate surface area is 128 Å². The van der Waals surface area contributed by atoms with Gasteiger partial charge in [0.25, 0.3) is 0 Å². The van der Waals surface area contributed by atoms with Crippen molar-refractivity contribution >= 4 is 21.7 Å². The smallest absolute Gasteiger partial charge is 0.135 e. The van der Waals surface area contributed by atoms with E-state index in [9.17, 15) is 4.79 Å². The fourth-order valence-electron chi connectivity index (χ4n) is 3.08. The molecule has 0 N–H and O–H groups in total. The maximum Gasteiger partial charge on any atom is 0.135 e. The van der Waals surface area contributed by atoms with Crippen LogP contribution in [0, 0.1) is 5.92 Å². The highest BCUT2D eigenvalue weighted by Crippen LogP contribution is 2.23. The highest BCUT2D eigenvalue weighted by molar-refractivity contribution is 9.09. The van der Waals surface area contributed by atoms with E-state index in [1.165, 1.54) is 64.2 Å². The number of hydrogen-bond donors (Lipinski definition) is 0. The molecule has 112 valence electrons. The minimum atomic E-state index is 0.384. The average molecular weight is 331 g/mol. The Balaban J connectivity index is 2.31. The fourth-order valence-corrected chi connectivity index (χ4v) is 3.48. The van der Waals surface area contributed by atoms with Crippen molar-refractivity contribution in [2.75, 3.05) is 5.33 Å². The van der Waals surface area contributed by atoms with Crippen molar-refractivity contribution in [3.63, 3.8) is 0 Å². The predicted octanol–water partition coefficient (Wildman–Crippen LogP) is 6.04. The summed E-state index contributed by atoms with van der Waals surface area (Å²) >= 11 is 3.48. The Hall–Kier alpha value is 0.150. The van der Waals surface area contributed by atoms with Gasteiger partial charge in [-0.1, -0.05) is 73.7 Å². The van der Waals surface area contributed by atoms with E-state index in [1.54, 1.807) is 0 Å². The summed E-state index contributed by atoms with van der Waals surface area (Å²) in [6.45, 7) is 0. The monoisotopic (exact) mass is 330 g/mol. The number of carbonyl (C=O) groups excluding carboxylic acids is 1. The summed E-state index contributed by atoms with van der Waals surface area (Å²) in [5.41, 5.74) is 0. The highest BCUT2D eigenvalue weighted by Gasteiger charge is 2.17. The summed E-state index contributed by atoms with van der Waals surface area (Å²) < 4.78 is 0. The van der Waals surface area contributed by atoms with Crippen LogP contribution in [0.5, 0.6) is 0 Å². The van der Waals surface area contributed by atoms with Crippen molar-refractivity contribution in [1.82, 2.24) is 0 Å². The van der Waals surface area contributed by atoms with Gasteiger partial charge in [-0.2, -0.15) is 0 Å². The lowest BCUT2D eigenvalue weighted by Gasteiger charge is -2.16. The second kappa shape index (κ2) is 11.9. The molecule has 1 saturated carbocycles. The summed E-state index contributed by atoms with van der Waals surface area (Å²) in [4.78, 5) is 12.3. The molecule has 0 amide bonds. The predicted molar refractivity (Wildman–Crippen MR) is 86.9 cm³/mol. The number of rotatable bonds is 5. The first-order valence-corrected chi connectivity index (χ1v) is 9.55. The molecule has 1 unspecified atom stereocenters. The number of unbranched alkanes of at least 4 members (excludes halogenated alkanes) is 2. The minimum Gasteiger partial charge on any atom is -0.299 e. The van der Waals surface area contributed by atoms with E-state index in [0.717, 1.165) is 31.0 Å². The molecular weight excluding hydrogens is 300 g/mol. The van der Waals surface area contributed by atoms with Crippen LogP contribution in [-0.4, -0.2) is 11.1 Å². The summed E-state index contributed by atoms with van der Waals surface area (Å²) in [5, 5.41) is 1.10. The molecule has 1 aliphatic rings. The van der Waals surface area contributed by atoms with E-state index in [2.05, 4.69) is 15.9 Å². The van der Waals surface area contributed by atoms with Crippen LogP contribution in [0.2, 0.25) is 0 Å². The molecule has 0 aliphatic heterocycles. The molecule has 0 bridgehead atoms. The molecule has 1 rings (SSSR count). The number of hydrogen-bond acceptors (Lipinski definition) is 1.